The summed E-state index contributed by atoms with van der Waals surface area (Å²) in [6.07, 6.45) is 14.3. The van der Waals surface area contributed by atoms with Gasteiger partial charge in [-0.15, -0.1) is 0 Å². The Morgan fingerprint density at radius 3 is 2.73 bits per heavy atom. The molecule has 5 aromatic rings. The maximum atomic E-state index is 6.05. The van der Waals surface area contributed by atoms with E-state index in [0.717, 1.165) is 61.3 Å². The van der Waals surface area contributed by atoms with Crippen LogP contribution in [-0.2, 0) is 38.7 Å². The first-order chi connectivity index (χ1) is 18.3. The van der Waals surface area contributed by atoms with E-state index in [1.165, 1.54) is 33.2 Å². The van der Waals surface area contributed by atoms with Crippen molar-refractivity contribution in [3.8, 4) is 5.75 Å². The van der Waals surface area contributed by atoms with E-state index in [-0.39, 0.29) is 0 Å². The molecule has 0 saturated heterocycles. The molecular weight excluding hydrogens is 454 g/mol. The van der Waals surface area contributed by atoms with Crippen LogP contribution in [0.15, 0.2) is 91.3 Å². The molecule has 2 heterocycles. The molecule has 0 saturated carbocycles. The zero-order valence-electron chi connectivity index (χ0n) is 21.0. The van der Waals surface area contributed by atoms with E-state index >= 15 is 0 Å². The fourth-order valence-electron chi connectivity index (χ4n) is 5.06. The standard InChI is InChI=1S/C33H31N3O/c1-2-6-25(7-3-1)23-37-30-16-17-32-31(21-30)28(22-35-32)10-5-11-33-34-19-18-29(36-33)15-13-24-12-14-26-8-4-9-27(26)20-24/h1-4,6-7,9,12,14,16-22,35H,5,8,10-11,13,15,23H2. The van der Waals surface area contributed by atoms with Crippen molar-refractivity contribution in [1.29, 1.82) is 0 Å². The number of nitrogens with one attached hydrogen (secondary N) is 1. The van der Waals surface area contributed by atoms with Crippen LogP contribution in [0.5, 0.6) is 5.75 Å². The van der Waals surface area contributed by atoms with Crippen molar-refractivity contribution in [3.05, 3.63) is 131 Å². The summed E-state index contributed by atoms with van der Waals surface area (Å²) in [7, 11) is 0. The predicted octanol–water partition coefficient (Wildman–Crippen LogP) is 7.07. The molecule has 1 aliphatic carbocycles. The lowest BCUT2D eigenvalue weighted by Crippen LogP contribution is -2.02. The maximum Gasteiger partial charge on any atom is 0.128 e. The Hall–Kier alpha value is -4.18. The van der Waals surface area contributed by atoms with Gasteiger partial charge in [0.25, 0.3) is 0 Å². The highest BCUT2D eigenvalue weighted by atomic mass is 16.5. The Labute approximate surface area is 218 Å². The summed E-state index contributed by atoms with van der Waals surface area (Å²) >= 11 is 0. The summed E-state index contributed by atoms with van der Waals surface area (Å²) in [4.78, 5) is 12.8. The molecule has 3 aromatic carbocycles. The Morgan fingerprint density at radius 2 is 1.78 bits per heavy atom. The van der Waals surface area contributed by atoms with Crippen LogP contribution < -0.4 is 4.74 Å². The van der Waals surface area contributed by atoms with Gasteiger partial charge < -0.3 is 9.72 Å². The smallest absolute Gasteiger partial charge is 0.128 e. The Morgan fingerprint density at radius 1 is 0.838 bits per heavy atom. The molecule has 6 rings (SSSR count). The topological polar surface area (TPSA) is 50.8 Å². The lowest BCUT2D eigenvalue weighted by Gasteiger charge is -2.07. The van der Waals surface area contributed by atoms with Gasteiger partial charge in [-0.1, -0.05) is 60.7 Å². The number of nitrogens with zero attached hydrogens (tertiary/aromatic N) is 2. The van der Waals surface area contributed by atoms with Crippen LogP contribution >= 0.6 is 0 Å². The second-order valence-electron chi connectivity index (χ2n) is 9.75. The van der Waals surface area contributed by atoms with Gasteiger partial charge in [0.2, 0.25) is 0 Å². The van der Waals surface area contributed by atoms with E-state index in [0.29, 0.717) is 6.61 Å². The maximum absolute atomic E-state index is 6.05. The van der Waals surface area contributed by atoms with Gasteiger partial charge in [0.05, 0.1) is 0 Å². The monoisotopic (exact) mass is 485 g/mol. The van der Waals surface area contributed by atoms with Gasteiger partial charge >= 0.3 is 0 Å². The second-order valence-corrected chi connectivity index (χ2v) is 9.75. The number of H-pyrrole nitrogens is 1. The summed E-state index contributed by atoms with van der Waals surface area (Å²) in [5.74, 6) is 1.83. The molecule has 184 valence electrons. The molecule has 1 N–H and O–H groups in total. The summed E-state index contributed by atoms with van der Waals surface area (Å²) in [5, 5.41) is 1.23. The van der Waals surface area contributed by atoms with E-state index in [9.17, 15) is 0 Å². The first-order valence-corrected chi connectivity index (χ1v) is 13.2. The van der Waals surface area contributed by atoms with Gasteiger partial charge in [-0.3, -0.25) is 0 Å². The molecule has 0 bridgehead atoms. The molecule has 0 amide bonds. The Kier molecular flexibility index (Phi) is 6.80. The molecule has 0 fully saturated rings. The highest BCUT2D eigenvalue weighted by Gasteiger charge is 2.09. The molecule has 0 unspecified atom stereocenters. The molecule has 2 aromatic heterocycles. The third-order valence-corrected chi connectivity index (χ3v) is 7.11. The van der Waals surface area contributed by atoms with Crippen molar-refractivity contribution in [2.75, 3.05) is 0 Å². The van der Waals surface area contributed by atoms with E-state index in [1.807, 2.05) is 36.5 Å². The lowest BCUT2D eigenvalue weighted by atomic mass is 10.0. The number of aromatic amines is 1. The summed E-state index contributed by atoms with van der Waals surface area (Å²) in [5.41, 5.74) is 8.91. The Bertz CT molecular complexity index is 1530. The minimum Gasteiger partial charge on any atom is -0.489 e. The third kappa shape index (κ3) is 5.64. The summed E-state index contributed by atoms with van der Waals surface area (Å²) < 4.78 is 6.05. The molecule has 0 radical (unpaired) electrons. The molecule has 0 spiro atoms. The number of hydrogen-bond acceptors (Lipinski definition) is 3. The van der Waals surface area contributed by atoms with Crippen LogP contribution in [0.25, 0.3) is 17.0 Å². The number of ether oxygens (including phenoxy) is 1. The summed E-state index contributed by atoms with van der Waals surface area (Å²) in [6, 6.07) is 25.4. The van der Waals surface area contributed by atoms with Crippen molar-refractivity contribution in [1.82, 2.24) is 15.0 Å². The third-order valence-electron chi connectivity index (χ3n) is 7.11. The van der Waals surface area contributed by atoms with Crippen LogP contribution in [-0.4, -0.2) is 15.0 Å². The average molecular weight is 486 g/mol. The van der Waals surface area contributed by atoms with Crippen molar-refractivity contribution < 1.29 is 4.74 Å². The number of fused-ring (bicyclic) bond motifs is 2. The highest BCUT2D eigenvalue weighted by molar-refractivity contribution is 5.84. The van der Waals surface area contributed by atoms with Crippen LogP contribution in [0.4, 0.5) is 0 Å². The molecule has 0 atom stereocenters. The lowest BCUT2D eigenvalue weighted by molar-refractivity contribution is 0.306. The Balaban J connectivity index is 1.04. The number of allylic oxidation sites excluding steroid dienone is 1. The molecule has 0 aliphatic heterocycles. The van der Waals surface area contributed by atoms with Crippen LogP contribution in [0, 0.1) is 0 Å². The van der Waals surface area contributed by atoms with Gasteiger partial charge in [0, 0.05) is 35.4 Å². The van der Waals surface area contributed by atoms with Gasteiger partial charge in [0.15, 0.2) is 0 Å². The molecule has 1 aliphatic rings. The van der Waals surface area contributed by atoms with E-state index < -0.39 is 0 Å². The normalized spacial score (nSPS) is 12.2. The average Bonchev–Trinajstić information content (AvgIpc) is 3.58. The zero-order valence-corrected chi connectivity index (χ0v) is 21.0. The highest BCUT2D eigenvalue weighted by Crippen LogP contribution is 2.26. The van der Waals surface area contributed by atoms with Gasteiger partial charge in [0.1, 0.15) is 18.2 Å². The minimum absolute atomic E-state index is 0.573. The van der Waals surface area contributed by atoms with Crippen LogP contribution in [0.2, 0.25) is 0 Å². The van der Waals surface area contributed by atoms with E-state index in [2.05, 4.69) is 70.8 Å². The number of aryl methyl sites for hydroxylation is 4. The quantitative estimate of drug-likeness (QED) is 0.230. The number of benzene rings is 3. The van der Waals surface area contributed by atoms with Crippen molar-refractivity contribution >= 4 is 17.0 Å². The zero-order chi connectivity index (χ0) is 24.9. The number of hydrogen-bond donors (Lipinski definition) is 1. The second kappa shape index (κ2) is 10.8. The molecule has 4 heteroatoms. The molecular formula is C33H31N3O. The van der Waals surface area contributed by atoms with Crippen molar-refractivity contribution in [2.24, 2.45) is 0 Å². The molecule has 4 nitrogen and oxygen atoms in total. The van der Waals surface area contributed by atoms with Gasteiger partial charge in [-0.05, 0) is 84.2 Å². The number of rotatable bonds is 10. The fraction of sp³-hybridized carbons (Fsp3) is 0.212. The minimum atomic E-state index is 0.573. The number of aromatic nitrogens is 3. The van der Waals surface area contributed by atoms with Crippen molar-refractivity contribution in [2.45, 2.75) is 45.1 Å². The SMILES string of the molecule is C1=Cc2cc(CCc3ccnc(CCCc4c[nH]c5ccc(OCc6ccccc6)cc45)n3)ccc2C1. The van der Waals surface area contributed by atoms with E-state index in [1.54, 1.807) is 0 Å². The van der Waals surface area contributed by atoms with Crippen molar-refractivity contribution in [3.63, 3.8) is 0 Å². The fourth-order valence-corrected chi connectivity index (χ4v) is 5.06. The molecule has 37 heavy (non-hydrogen) atoms. The summed E-state index contributed by atoms with van der Waals surface area (Å²) in [6.45, 7) is 0.573. The predicted molar refractivity (Wildman–Crippen MR) is 150 cm³/mol. The van der Waals surface area contributed by atoms with Crippen LogP contribution in [0.3, 0.4) is 0 Å². The van der Waals surface area contributed by atoms with Gasteiger partial charge in [-0.25, -0.2) is 9.97 Å². The largest absolute Gasteiger partial charge is 0.489 e. The van der Waals surface area contributed by atoms with Crippen LogP contribution in [0.1, 0.15) is 45.8 Å². The van der Waals surface area contributed by atoms with E-state index in [4.69, 9.17) is 9.72 Å². The first-order valence-electron chi connectivity index (χ1n) is 13.2. The van der Waals surface area contributed by atoms with Gasteiger partial charge in [-0.2, -0.15) is 0 Å². The first kappa shape index (κ1) is 23.2.